The summed E-state index contributed by atoms with van der Waals surface area (Å²) in [6.45, 7) is 0. The van der Waals surface area contributed by atoms with Gasteiger partial charge in [0.25, 0.3) is 0 Å². The fraction of sp³-hybridized carbons (Fsp3) is 0.133. The second kappa shape index (κ2) is 5.87. The van der Waals surface area contributed by atoms with Crippen LogP contribution in [0.15, 0.2) is 60.7 Å². The molecular formula is C15H16N2O. The molecule has 0 fully saturated rings. The number of benzene rings is 2. The predicted octanol–water partition coefficient (Wildman–Crippen LogP) is 2.64. The Labute approximate surface area is 107 Å². The van der Waals surface area contributed by atoms with E-state index < -0.39 is 6.03 Å². The summed E-state index contributed by atoms with van der Waals surface area (Å²) in [5.41, 5.74) is 7.46. The number of nitrogens with two attached hydrogens (primary N) is 1. The average Bonchev–Trinajstić information content (AvgIpc) is 2.40. The molecule has 3 nitrogen and oxygen atoms in total. The molecule has 2 rings (SSSR count). The van der Waals surface area contributed by atoms with E-state index in [4.69, 9.17) is 5.73 Å². The Morgan fingerprint density at radius 3 is 2.11 bits per heavy atom. The molecule has 18 heavy (non-hydrogen) atoms. The average molecular weight is 240 g/mol. The summed E-state index contributed by atoms with van der Waals surface area (Å²) in [6, 6.07) is 19.3. The number of amides is 2. The zero-order valence-electron chi connectivity index (χ0n) is 10.0. The summed E-state index contributed by atoms with van der Waals surface area (Å²) >= 11 is 0. The van der Waals surface area contributed by atoms with E-state index in [9.17, 15) is 4.79 Å². The number of carbonyl (C=O) groups is 1. The first-order valence-corrected chi connectivity index (χ1v) is 5.90. The van der Waals surface area contributed by atoms with Crippen LogP contribution in [-0.4, -0.2) is 6.03 Å². The number of primary amides is 1. The largest absolute Gasteiger partial charge is 0.352 e. The van der Waals surface area contributed by atoms with Crippen LogP contribution in [0.5, 0.6) is 0 Å². The number of urea groups is 1. The monoisotopic (exact) mass is 240 g/mol. The van der Waals surface area contributed by atoms with Gasteiger partial charge >= 0.3 is 6.03 Å². The van der Waals surface area contributed by atoms with E-state index in [1.807, 2.05) is 60.7 Å². The number of hydrogen-bond acceptors (Lipinski definition) is 1. The molecule has 0 radical (unpaired) electrons. The van der Waals surface area contributed by atoms with E-state index in [1.165, 1.54) is 5.56 Å². The molecule has 3 N–H and O–H groups in total. The van der Waals surface area contributed by atoms with Gasteiger partial charge in [-0.3, -0.25) is 0 Å². The summed E-state index contributed by atoms with van der Waals surface area (Å²) < 4.78 is 0. The highest BCUT2D eigenvalue weighted by Gasteiger charge is 2.13. The topological polar surface area (TPSA) is 55.1 Å². The first-order chi connectivity index (χ1) is 8.75. The van der Waals surface area contributed by atoms with Crippen molar-refractivity contribution in [2.45, 2.75) is 12.5 Å². The van der Waals surface area contributed by atoms with Gasteiger partial charge in [0.1, 0.15) is 0 Å². The zero-order chi connectivity index (χ0) is 12.8. The first kappa shape index (κ1) is 12.2. The Balaban J connectivity index is 2.18. The van der Waals surface area contributed by atoms with Crippen molar-refractivity contribution in [1.29, 1.82) is 0 Å². The minimum Gasteiger partial charge on any atom is -0.352 e. The van der Waals surface area contributed by atoms with Crippen LogP contribution in [-0.2, 0) is 6.42 Å². The van der Waals surface area contributed by atoms with Crippen molar-refractivity contribution in [2.75, 3.05) is 0 Å². The van der Waals surface area contributed by atoms with Crippen LogP contribution >= 0.6 is 0 Å². The maximum absolute atomic E-state index is 11.1. The van der Waals surface area contributed by atoms with Crippen LogP contribution in [0.4, 0.5) is 4.79 Å². The summed E-state index contributed by atoms with van der Waals surface area (Å²) in [7, 11) is 0. The SMILES string of the molecule is NC(=O)N[C@H](Cc1ccccc1)c1ccccc1. The summed E-state index contributed by atoms with van der Waals surface area (Å²) in [6.07, 6.45) is 0.730. The molecule has 0 aliphatic heterocycles. The Morgan fingerprint density at radius 2 is 1.56 bits per heavy atom. The summed E-state index contributed by atoms with van der Waals surface area (Å²) in [5, 5.41) is 2.78. The van der Waals surface area contributed by atoms with Crippen molar-refractivity contribution in [2.24, 2.45) is 5.73 Å². The molecular weight excluding hydrogens is 224 g/mol. The van der Waals surface area contributed by atoms with E-state index in [-0.39, 0.29) is 6.04 Å². The van der Waals surface area contributed by atoms with E-state index in [1.54, 1.807) is 0 Å². The normalized spacial score (nSPS) is 11.8. The van der Waals surface area contributed by atoms with Gasteiger partial charge in [0.15, 0.2) is 0 Å². The molecule has 0 heterocycles. The Hall–Kier alpha value is -2.29. The molecule has 1 atom stereocenters. The third kappa shape index (κ3) is 3.35. The molecule has 2 aromatic carbocycles. The first-order valence-electron chi connectivity index (χ1n) is 5.90. The smallest absolute Gasteiger partial charge is 0.312 e. The van der Waals surface area contributed by atoms with Gasteiger partial charge in [-0.15, -0.1) is 0 Å². The molecule has 3 heteroatoms. The molecule has 0 unspecified atom stereocenters. The molecule has 2 aromatic rings. The van der Waals surface area contributed by atoms with Crippen molar-refractivity contribution < 1.29 is 4.79 Å². The van der Waals surface area contributed by atoms with E-state index in [0.29, 0.717) is 0 Å². The van der Waals surface area contributed by atoms with Crippen LogP contribution in [0.2, 0.25) is 0 Å². The third-order valence-corrected chi connectivity index (χ3v) is 2.80. The highest BCUT2D eigenvalue weighted by Crippen LogP contribution is 2.17. The standard InChI is InChI=1S/C15H16N2O/c16-15(18)17-14(13-9-5-2-6-10-13)11-12-7-3-1-4-8-12/h1-10,14H,11H2,(H3,16,17,18)/t14-/m1/s1. The Kier molecular flexibility index (Phi) is 3.97. The molecule has 0 aliphatic rings. The molecule has 0 bridgehead atoms. The van der Waals surface area contributed by atoms with Gasteiger partial charge in [-0.2, -0.15) is 0 Å². The van der Waals surface area contributed by atoms with Gasteiger partial charge in [-0.25, -0.2) is 4.79 Å². The molecule has 0 saturated carbocycles. The number of carbonyl (C=O) groups excluding carboxylic acids is 1. The van der Waals surface area contributed by atoms with Gasteiger partial charge < -0.3 is 11.1 Å². The molecule has 0 aliphatic carbocycles. The molecule has 0 aromatic heterocycles. The maximum atomic E-state index is 11.1. The number of hydrogen-bond donors (Lipinski definition) is 2. The predicted molar refractivity (Wildman–Crippen MR) is 72.0 cm³/mol. The minimum absolute atomic E-state index is 0.0916. The Bertz CT molecular complexity index is 496. The van der Waals surface area contributed by atoms with E-state index in [2.05, 4.69) is 5.32 Å². The fourth-order valence-electron chi connectivity index (χ4n) is 1.96. The van der Waals surface area contributed by atoms with Crippen molar-refractivity contribution >= 4 is 6.03 Å². The van der Waals surface area contributed by atoms with Gasteiger partial charge in [-0.05, 0) is 17.5 Å². The second-order valence-electron chi connectivity index (χ2n) is 4.16. The summed E-state index contributed by atoms with van der Waals surface area (Å²) in [4.78, 5) is 11.1. The van der Waals surface area contributed by atoms with Crippen molar-refractivity contribution in [3.05, 3.63) is 71.8 Å². The lowest BCUT2D eigenvalue weighted by Crippen LogP contribution is -2.34. The van der Waals surface area contributed by atoms with Crippen LogP contribution in [0.3, 0.4) is 0 Å². The van der Waals surface area contributed by atoms with Crippen molar-refractivity contribution in [3.63, 3.8) is 0 Å². The highest BCUT2D eigenvalue weighted by molar-refractivity contribution is 5.72. The number of nitrogens with one attached hydrogen (secondary N) is 1. The lowest BCUT2D eigenvalue weighted by Gasteiger charge is -2.18. The zero-order valence-corrected chi connectivity index (χ0v) is 10.0. The minimum atomic E-state index is -0.500. The van der Waals surface area contributed by atoms with Gasteiger partial charge in [0.2, 0.25) is 0 Å². The third-order valence-electron chi connectivity index (χ3n) is 2.80. The number of rotatable bonds is 4. The quantitative estimate of drug-likeness (QED) is 0.848. The van der Waals surface area contributed by atoms with Crippen LogP contribution in [0.1, 0.15) is 17.2 Å². The summed E-state index contributed by atoms with van der Waals surface area (Å²) in [5.74, 6) is 0. The second-order valence-corrected chi connectivity index (χ2v) is 4.16. The van der Waals surface area contributed by atoms with Crippen LogP contribution < -0.4 is 11.1 Å². The van der Waals surface area contributed by atoms with Gasteiger partial charge in [0.05, 0.1) is 6.04 Å². The lowest BCUT2D eigenvalue weighted by atomic mass is 9.99. The van der Waals surface area contributed by atoms with Crippen molar-refractivity contribution in [3.8, 4) is 0 Å². The van der Waals surface area contributed by atoms with Crippen molar-refractivity contribution in [1.82, 2.24) is 5.32 Å². The molecule has 2 amide bonds. The van der Waals surface area contributed by atoms with E-state index >= 15 is 0 Å². The fourth-order valence-corrected chi connectivity index (χ4v) is 1.96. The highest BCUT2D eigenvalue weighted by atomic mass is 16.2. The Morgan fingerprint density at radius 1 is 1.00 bits per heavy atom. The van der Waals surface area contributed by atoms with Crippen LogP contribution in [0, 0.1) is 0 Å². The van der Waals surface area contributed by atoms with Crippen LogP contribution in [0.25, 0.3) is 0 Å². The molecule has 0 spiro atoms. The van der Waals surface area contributed by atoms with Gasteiger partial charge in [0, 0.05) is 0 Å². The van der Waals surface area contributed by atoms with Gasteiger partial charge in [-0.1, -0.05) is 60.7 Å². The maximum Gasteiger partial charge on any atom is 0.312 e. The molecule has 92 valence electrons. The molecule has 0 saturated heterocycles. The van der Waals surface area contributed by atoms with E-state index in [0.717, 1.165) is 12.0 Å². The lowest BCUT2D eigenvalue weighted by molar-refractivity contribution is 0.245.